The predicted octanol–water partition coefficient (Wildman–Crippen LogP) is 4.65. The van der Waals surface area contributed by atoms with Gasteiger partial charge in [-0.2, -0.15) is 0 Å². The second-order valence-corrected chi connectivity index (χ2v) is 8.41. The van der Waals surface area contributed by atoms with Gasteiger partial charge in [0.25, 0.3) is 5.91 Å². The second kappa shape index (κ2) is 10.5. The molecular weight excluding hydrogens is 462 g/mol. The normalized spacial score (nSPS) is 11.0. The number of benzene rings is 2. The van der Waals surface area contributed by atoms with Gasteiger partial charge in [0.05, 0.1) is 38.2 Å². The van der Waals surface area contributed by atoms with E-state index in [0.717, 1.165) is 11.3 Å². The highest BCUT2D eigenvalue weighted by Gasteiger charge is 2.20. The lowest BCUT2D eigenvalue weighted by atomic mass is 10.2. The Morgan fingerprint density at radius 1 is 1.06 bits per heavy atom. The van der Waals surface area contributed by atoms with E-state index in [1.807, 2.05) is 45.0 Å². The van der Waals surface area contributed by atoms with Crippen molar-refractivity contribution in [1.29, 1.82) is 0 Å². The van der Waals surface area contributed by atoms with Crippen molar-refractivity contribution in [2.75, 3.05) is 19.5 Å². The number of carbonyl (C=O) groups is 1. The maximum absolute atomic E-state index is 12.9. The highest BCUT2D eigenvalue weighted by atomic mass is 16.5. The summed E-state index contributed by atoms with van der Waals surface area (Å²) in [4.78, 5) is 17.6. The number of anilines is 1. The molecule has 2 heterocycles. The summed E-state index contributed by atoms with van der Waals surface area (Å²) in [5, 5.41) is 11.1. The summed E-state index contributed by atoms with van der Waals surface area (Å²) in [6.07, 6.45) is 0.0996. The minimum absolute atomic E-state index is 0.0996. The molecule has 1 amide bonds. The summed E-state index contributed by atoms with van der Waals surface area (Å²) in [5.74, 6) is 2.64. The van der Waals surface area contributed by atoms with E-state index in [4.69, 9.17) is 18.6 Å². The zero-order chi connectivity index (χ0) is 25.8. The van der Waals surface area contributed by atoms with Gasteiger partial charge in [-0.05, 0) is 64.1 Å². The summed E-state index contributed by atoms with van der Waals surface area (Å²) in [6.45, 7) is 7.90. The zero-order valence-corrected chi connectivity index (χ0v) is 21.2. The van der Waals surface area contributed by atoms with Crippen LogP contribution in [0.2, 0.25) is 0 Å². The highest BCUT2D eigenvalue weighted by Crippen LogP contribution is 2.30. The molecule has 0 unspecified atom stereocenters. The van der Waals surface area contributed by atoms with Gasteiger partial charge >= 0.3 is 0 Å². The molecule has 188 valence electrons. The first-order valence-electron chi connectivity index (χ1n) is 11.5. The predicted molar refractivity (Wildman–Crippen MR) is 134 cm³/mol. The van der Waals surface area contributed by atoms with Crippen molar-refractivity contribution < 1.29 is 23.4 Å². The van der Waals surface area contributed by atoms with E-state index in [2.05, 4.69) is 20.6 Å². The minimum Gasteiger partial charge on any atom is -0.497 e. The molecule has 1 N–H and O–H groups in total. The zero-order valence-electron chi connectivity index (χ0n) is 21.2. The fourth-order valence-corrected chi connectivity index (χ4v) is 3.59. The SMILES string of the molecule is COc1ccc(NC(=O)c2nnn(Cc3nc(-c4ccc(OC(C)C)cc4)oc3C)c2C)c(OC)c1. The number of rotatable bonds is 9. The summed E-state index contributed by atoms with van der Waals surface area (Å²) in [6, 6.07) is 12.7. The quantitative estimate of drug-likeness (QED) is 0.360. The summed E-state index contributed by atoms with van der Waals surface area (Å²) < 4.78 is 23.8. The van der Waals surface area contributed by atoms with Crippen molar-refractivity contribution in [1.82, 2.24) is 20.0 Å². The molecule has 36 heavy (non-hydrogen) atoms. The van der Waals surface area contributed by atoms with E-state index in [0.29, 0.717) is 46.8 Å². The lowest BCUT2D eigenvalue weighted by Gasteiger charge is -2.11. The topological polar surface area (TPSA) is 114 Å². The Labute approximate surface area is 209 Å². The van der Waals surface area contributed by atoms with Gasteiger partial charge in [0, 0.05) is 11.6 Å². The number of nitrogens with one attached hydrogen (secondary N) is 1. The van der Waals surface area contributed by atoms with Crippen LogP contribution in [0, 0.1) is 13.8 Å². The molecule has 0 fully saturated rings. The van der Waals surface area contributed by atoms with Crippen LogP contribution in [0.25, 0.3) is 11.5 Å². The minimum atomic E-state index is -0.400. The molecule has 0 radical (unpaired) electrons. The number of aromatic nitrogens is 4. The Morgan fingerprint density at radius 2 is 1.78 bits per heavy atom. The van der Waals surface area contributed by atoms with Crippen molar-refractivity contribution in [2.24, 2.45) is 0 Å². The van der Waals surface area contributed by atoms with Gasteiger partial charge < -0.3 is 23.9 Å². The van der Waals surface area contributed by atoms with Gasteiger partial charge in [-0.25, -0.2) is 9.67 Å². The molecule has 0 aliphatic heterocycles. The van der Waals surface area contributed by atoms with Gasteiger partial charge in [-0.15, -0.1) is 5.10 Å². The van der Waals surface area contributed by atoms with Crippen LogP contribution in [-0.4, -0.2) is 46.2 Å². The Morgan fingerprint density at radius 3 is 2.44 bits per heavy atom. The van der Waals surface area contributed by atoms with Crippen molar-refractivity contribution in [3.8, 4) is 28.7 Å². The van der Waals surface area contributed by atoms with Gasteiger partial charge in [-0.1, -0.05) is 5.21 Å². The molecule has 10 heteroatoms. The molecular formula is C26H29N5O5. The second-order valence-electron chi connectivity index (χ2n) is 8.41. The van der Waals surface area contributed by atoms with Crippen LogP contribution < -0.4 is 19.5 Å². The lowest BCUT2D eigenvalue weighted by molar-refractivity contribution is 0.102. The van der Waals surface area contributed by atoms with Gasteiger partial charge in [0.1, 0.15) is 28.7 Å². The van der Waals surface area contributed by atoms with Gasteiger partial charge in [0.2, 0.25) is 5.89 Å². The third-order valence-corrected chi connectivity index (χ3v) is 5.52. The molecule has 0 spiro atoms. The smallest absolute Gasteiger partial charge is 0.278 e. The number of methoxy groups -OCH3 is 2. The monoisotopic (exact) mass is 491 g/mol. The summed E-state index contributed by atoms with van der Waals surface area (Å²) in [7, 11) is 3.08. The molecule has 2 aromatic heterocycles. The van der Waals surface area contributed by atoms with Crippen LogP contribution in [0.5, 0.6) is 17.2 Å². The van der Waals surface area contributed by atoms with E-state index in [-0.39, 0.29) is 11.8 Å². The average Bonchev–Trinajstić information content (AvgIpc) is 3.41. The number of nitrogens with zero attached hydrogens (tertiary/aromatic N) is 4. The average molecular weight is 492 g/mol. The van der Waals surface area contributed by atoms with Crippen molar-refractivity contribution in [3.05, 3.63) is 65.3 Å². The first-order chi connectivity index (χ1) is 17.3. The molecule has 0 saturated carbocycles. The fraction of sp³-hybridized carbons (Fsp3) is 0.308. The van der Waals surface area contributed by atoms with Crippen LogP contribution in [-0.2, 0) is 6.54 Å². The number of ether oxygens (including phenoxy) is 3. The van der Waals surface area contributed by atoms with Crippen LogP contribution in [0.4, 0.5) is 5.69 Å². The molecule has 10 nitrogen and oxygen atoms in total. The number of hydrogen-bond acceptors (Lipinski definition) is 8. The fourth-order valence-electron chi connectivity index (χ4n) is 3.59. The summed E-state index contributed by atoms with van der Waals surface area (Å²) in [5.41, 5.74) is 2.83. The highest BCUT2D eigenvalue weighted by molar-refractivity contribution is 6.04. The third-order valence-electron chi connectivity index (χ3n) is 5.52. The standard InChI is InChI=1S/C26H29N5O5/c1-15(2)35-19-9-7-18(8-10-19)26-28-22(17(4)36-26)14-31-16(3)24(29-30-31)25(32)27-21-12-11-20(33-5)13-23(21)34-6/h7-13,15H,14H2,1-6H3,(H,27,32). The Bertz CT molecular complexity index is 1360. The molecule has 4 rings (SSSR count). The Hall–Kier alpha value is -4.34. The number of amides is 1. The van der Waals surface area contributed by atoms with E-state index in [9.17, 15) is 4.79 Å². The molecule has 2 aromatic carbocycles. The number of oxazole rings is 1. The van der Waals surface area contributed by atoms with Gasteiger partial charge in [0.15, 0.2) is 5.69 Å². The van der Waals surface area contributed by atoms with Crippen LogP contribution >= 0.6 is 0 Å². The van der Waals surface area contributed by atoms with E-state index in [1.165, 1.54) is 7.11 Å². The van der Waals surface area contributed by atoms with Crippen LogP contribution in [0.1, 0.15) is 41.5 Å². The van der Waals surface area contributed by atoms with Crippen LogP contribution in [0.15, 0.2) is 46.9 Å². The molecule has 4 aromatic rings. The molecule has 0 aliphatic carbocycles. The maximum Gasteiger partial charge on any atom is 0.278 e. The third kappa shape index (κ3) is 5.32. The Kier molecular flexibility index (Phi) is 7.23. The lowest BCUT2D eigenvalue weighted by Crippen LogP contribution is -2.15. The summed E-state index contributed by atoms with van der Waals surface area (Å²) >= 11 is 0. The first kappa shape index (κ1) is 24.8. The number of carbonyl (C=O) groups excluding carboxylic acids is 1. The van der Waals surface area contributed by atoms with E-state index < -0.39 is 5.91 Å². The largest absolute Gasteiger partial charge is 0.497 e. The van der Waals surface area contributed by atoms with E-state index >= 15 is 0 Å². The number of hydrogen-bond donors (Lipinski definition) is 1. The molecule has 0 bridgehead atoms. The maximum atomic E-state index is 12.9. The molecule has 0 atom stereocenters. The first-order valence-corrected chi connectivity index (χ1v) is 11.5. The Balaban J connectivity index is 1.49. The van der Waals surface area contributed by atoms with Gasteiger partial charge in [-0.3, -0.25) is 4.79 Å². The van der Waals surface area contributed by atoms with Crippen molar-refractivity contribution >= 4 is 11.6 Å². The number of aryl methyl sites for hydroxylation is 1. The molecule has 0 aliphatic rings. The van der Waals surface area contributed by atoms with Crippen molar-refractivity contribution in [2.45, 2.75) is 40.3 Å². The molecule has 0 saturated heterocycles. The van der Waals surface area contributed by atoms with E-state index in [1.54, 1.807) is 36.9 Å². The van der Waals surface area contributed by atoms with Crippen molar-refractivity contribution in [3.63, 3.8) is 0 Å². The van der Waals surface area contributed by atoms with Crippen LogP contribution in [0.3, 0.4) is 0 Å².